The molecule has 4 atom stereocenters. The Balaban J connectivity index is 1.94. The molecule has 0 fully saturated rings. The monoisotopic (exact) mass is 492 g/mol. The van der Waals surface area contributed by atoms with E-state index in [-0.39, 0.29) is 12.0 Å². The van der Waals surface area contributed by atoms with Gasteiger partial charge in [-0.1, -0.05) is 38.2 Å². The van der Waals surface area contributed by atoms with Crippen LogP contribution in [0.15, 0.2) is 46.6 Å². The third kappa shape index (κ3) is 8.69. The summed E-state index contributed by atoms with van der Waals surface area (Å²) in [5.74, 6) is -0.858. The minimum atomic E-state index is -0.858. The van der Waals surface area contributed by atoms with Crippen LogP contribution in [0.2, 0.25) is 0 Å². The molecule has 7 nitrogen and oxygen atoms in total. The van der Waals surface area contributed by atoms with Gasteiger partial charge < -0.3 is 30.6 Å². The Morgan fingerprint density at radius 3 is 1.46 bits per heavy atom. The molecular weight excluding hydrogens is 448 g/mol. The zero-order valence-corrected chi connectivity index (χ0v) is 21.6. The Labute approximate surface area is 209 Å². The van der Waals surface area contributed by atoms with Gasteiger partial charge in [0.05, 0.1) is 29.8 Å². The van der Waals surface area contributed by atoms with E-state index in [9.17, 15) is 35.4 Å². The topological polar surface area (TPSA) is 138 Å². The van der Waals surface area contributed by atoms with Crippen LogP contribution >= 0.6 is 0 Å². The highest BCUT2D eigenvalue weighted by Crippen LogP contribution is 2.33. The fourth-order valence-corrected chi connectivity index (χ4v) is 4.67. The molecule has 0 saturated carbocycles. The molecule has 0 saturated heterocycles. The third-order valence-corrected chi connectivity index (χ3v) is 7.24. The van der Waals surface area contributed by atoms with Gasteiger partial charge in [0.15, 0.2) is 0 Å². The lowest BCUT2D eigenvalue weighted by Gasteiger charge is -2.28. The van der Waals surface area contributed by atoms with E-state index in [1.54, 1.807) is 38.2 Å². The van der Waals surface area contributed by atoms with E-state index >= 15 is 0 Å². The van der Waals surface area contributed by atoms with Crippen molar-refractivity contribution in [2.75, 3.05) is 6.61 Å². The van der Waals surface area contributed by atoms with Gasteiger partial charge in [-0.3, -0.25) is 4.79 Å². The van der Waals surface area contributed by atoms with Crippen molar-refractivity contribution in [3.63, 3.8) is 0 Å². The summed E-state index contributed by atoms with van der Waals surface area (Å²) < 4.78 is 0. The minimum Gasteiger partial charge on any atom is -0.481 e. The minimum absolute atomic E-state index is 0.0966. The average molecular weight is 493 g/mol. The summed E-state index contributed by atoms with van der Waals surface area (Å²) in [5.41, 5.74) is 1.77. The molecule has 0 aromatic heterocycles. The van der Waals surface area contributed by atoms with Crippen molar-refractivity contribution >= 4 is 5.97 Å². The van der Waals surface area contributed by atoms with Gasteiger partial charge in [-0.25, -0.2) is 0 Å². The van der Waals surface area contributed by atoms with E-state index in [1.165, 1.54) is 0 Å². The second-order valence-electron chi connectivity index (χ2n) is 11.5. The van der Waals surface area contributed by atoms with Gasteiger partial charge in [0, 0.05) is 6.61 Å². The average Bonchev–Trinajstić information content (AvgIpc) is 2.77. The van der Waals surface area contributed by atoms with E-state index in [1.807, 2.05) is 13.8 Å². The first-order valence-corrected chi connectivity index (χ1v) is 12.6. The van der Waals surface area contributed by atoms with Gasteiger partial charge in [0.25, 0.3) is 0 Å². The smallest absolute Gasteiger partial charge is 0.309 e. The quantitative estimate of drug-likeness (QED) is 0.217. The molecule has 0 aliphatic heterocycles. The van der Waals surface area contributed by atoms with E-state index in [4.69, 9.17) is 0 Å². The van der Waals surface area contributed by atoms with Crippen molar-refractivity contribution in [3.8, 4) is 0 Å². The molecular formula is C28H44O7. The van der Waals surface area contributed by atoms with Crippen molar-refractivity contribution in [2.24, 2.45) is 10.8 Å². The van der Waals surface area contributed by atoms with Crippen molar-refractivity contribution in [3.05, 3.63) is 46.6 Å². The maximum absolute atomic E-state index is 11.3. The summed E-state index contributed by atoms with van der Waals surface area (Å²) in [6.45, 7) is 7.43. The summed E-state index contributed by atoms with van der Waals surface area (Å²) in [6, 6.07) is 0. The van der Waals surface area contributed by atoms with Crippen LogP contribution in [-0.2, 0) is 4.79 Å². The van der Waals surface area contributed by atoms with Crippen LogP contribution in [0.25, 0.3) is 0 Å². The number of hydrogen-bond acceptors (Lipinski definition) is 6. The van der Waals surface area contributed by atoms with E-state index < -0.39 is 35.8 Å². The zero-order chi connectivity index (χ0) is 26.4. The number of aliphatic hydroxyl groups excluding tert-OH is 5. The van der Waals surface area contributed by atoms with Crippen LogP contribution in [0, 0.1) is 10.8 Å². The molecule has 0 spiro atoms. The molecule has 2 aliphatic rings. The molecule has 7 heteroatoms. The first kappa shape index (κ1) is 29.5. The molecule has 0 heterocycles. The third-order valence-electron chi connectivity index (χ3n) is 7.24. The molecule has 2 aliphatic carbocycles. The van der Waals surface area contributed by atoms with Crippen LogP contribution in [0.3, 0.4) is 0 Å². The first-order valence-electron chi connectivity index (χ1n) is 12.6. The van der Waals surface area contributed by atoms with E-state index in [0.29, 0.717) is 55.2 Å². The highest BCUT2D eigenvalue weighted by atomic mass is 16.4. The molecule has 6 N–H and O–H groups in total. The van der Waals surface area contributed by atoms with Gasteiger partial charge in [-0.2, -0.15) is 0 Å². The van der Waals surface area contributed by atoms with Crippen LogP contribution < -0.4 is 0 Å². The molecule has 35 heavy (non-hydrogen) atoms. The lowest BCUT2D eigenvalue weighted by molar-refractivity contribution is -0.147. The van der Waals surface area contributed by atoms with Crippen molar-refractivity contribution in [2.45, 2.75) is 103 Å². The Morgan fingerprint density at radius 2 is 1.09 bits per heavy atom. The van der Waals surface area contributed by atoms with E-state index in [2.05, 4.69) is 0 Å². The molecule has 4 unspecified atom stereocenters. The predicted octanol–water partition coefficient (Wildman–Crippen LogP) is 3.41. The van der Waals surface area contributed by atoms with Gasteiger partial charge >= 0.3 is 5.97 Å². The highest BCUT2D eigenvalue weighted by molar-refractivity contribution is 5.73. The fraction of sp³-hybridized carbons (Fsp3) is 0.679. The van der Waals surface area contributed by atoms with Crippen molar-refractivity contribution in [1.29, 1.82) is 0 Å². The zero-order valence-electron chi connectivity index (χ0n) is 21.6. The maximum Gasteiger partial charge on any atom is 0.309 e. The second kappa shape index (κ2) is 12.5. The molecule has 0 aromatic rings. The lowest BCUT2D eigenvalue weighted by atomic mass is 9.81. The number of aliphatic carboxylic acids is 1. The van der Waals surface area contributed by atoms with Gasteiger partial charge in [-0.05, 0) is 92.9 Å². The summed E-state index contributed by atoms with van der Waals surface area (Å²) in [5, 5.41) is 61.1. The number of carboxylic acid groups (broad SMARTS) is 1. The normalized spacial score (nSPS) is 25.5. The van der Waals surface area contributed by atoms with E-state index in [0.717, 1.165) is 18.4 Å². The first-order chi connectivity index (χ1) is 16.3. The highest BCUT2D eigenvalue weighted by Gasteiger charge is 2.29. The molecule has 0 bridgehead atoms. The Hall–Kier alpha value is -1.77. The Kier molecular flexibility index (Phi) is 10.5. The summed E-state index contributed by atoms with van der Waals surface area (Å²) in [7, 11) is 0. The Morgan fingerprint density at radius 1 is 0.714 bits per heavy atom. The van der Waals surface area contributed by atoms with Crippen molar-refractivity contribution in [1.82, 2.24) is 0 Å². The number of aliphatic hydroxyl groups is 5. The van der Waals surface area contributed by atoms with Gasteiger partial charge in [-0.15, -0.1) is 0 Å². The van der Waals surface area contributed by atoms with Crippen LogP contribution in [0.5, 0.6) is 0 Å². The number of carboxylic acids is 1. The molecule has 0 aromatic carbocycles. The maximum atomic E-state index is 11.3. The molecule has 2 rings (SSSR count). The van der Waals surface area contributed by atoms with Gasteiger partial charge in [0.1, 0.15) is 0 Å². The molecule has 0 radical (unpaired) electrons. The van der Waals surface area contributed by atoms with Crippen LogP contribution in [0.4, 0.5) is 0 Å². The van der Waals surface area contributed by atoms with Crippen LogP contribution in [0.1, 0.15) is 79.1 Å². The second-order valence-corrected chi connectivity index (χ2v) is 11.5. The molecule has 0 amide bonds. The molecule has 198 valence electrons. The fourth-order valence-electron chi connectivity index (χ4n) is 4.67. The summed E-state index contributed by atoms with van der Waals surface area (Å²) in [4.78, 5) is 11.3. The standard InChI is InChI=1S/C28H44O7/c1-27(2,17-29)11-5-7-18-13-22(30)15-20(24(18)32)9-10-21-16-23(31)14-19(25(21)33)8-6-12-28(3,4)26(34)35/h13-16,22-25,29-33H,5-12,17H2,1-4H3,(H,34,35). The van der Waals surface area contributed by atoms with Crippen LogP contribution in [-0.4, -0.2) is 67.6 Å². The Bertz CT molecular complexity index is 863. The van der Waals surface area contributed by atoms with Crippen molar-refractivity contribution < 1.29 is 35.4 Å². The largest absolute Gasteiger partial charge is 0.481 e. The van der Waals surface area contributed by atoms with Gasteiger partial charge in [0.2, 0.25) is 0 Å². The number of rotatable bonds is 13. The number of hydrogen-bond donors (Lipinski definition) is 6. The number of carbonyl (C=O) groups is 1. The predicted molar refractivity (Wildman–Crippen MR) is 136 cm³/mol. The SMILES string of the molecule is CC(C)(CO)CCCC1=CC(O)C=C(CCC2=CC(O)C=C(CCCC(C)(C)C(=O)O)C2O)C1O. The summed E-state index contributed by atoms with van der Waals surface area (Å²) >= 11 is 0. The summed E-state index contributed by atoms with van der Waals surface area (Å²) in [6.07, 6.45) is 7.93. The lowest BCUT2D eigenvalue weighted by Crippen LogP contribution is -2.26.